The molecule has 0 N–H and O–H groups in total. The zero-order valence-electron chi connectivity index (χ0n) is 11.2. The number of nitrogens with zero attached hydrogens (tertiary/aromatic N) is 1. The topological polar surface area (TPSA) is 38.8 Å². The Balaban J connectivity index is 0. The van der Waals surface area contributed by atoms with Crippen LogP contribution in [0, 0.1) is 0 Å². The number of hydrogen-bond acceptors (Lipinski definition) is 4. The summed E-state index contributed by atoms with van der Waals surface area (Å²) in [5, 5.41) is 0. The first kappa shape index (κ1) is 18.6. The summed E-state index contributed by atoms with van der Waals surface area (Å²) in [7, 11) is 0. The van der Waals surface area contributed by atoms with E-state index in [1.165, 1.54) is 0 Å². The quantitative estimate of drug-likeness (QED) is 0.533. The van der Waals surface area contributed by atoms with E-state index in [9.17, 15) is 4.79 Å². The van der Waals surface area contributed by atoms with Crippen LogP contribution in [0.2, 0.25) is 0 Å². The molecule has 0 aliphatic heterocycles. The third-order valence-corrected chi connectivity index (χ3v) is 2.12. The number of carbonyl (C=O) groups excluding carboxylic acids is 1. The van der Waals surface area contributed by atoms with Crippen LogP contribution in [0.4, 0.5) is 4.79 Å². The van der Waals surface area contributed by atoms with Crippen LogP contribution in [-0.2, 0) is 9.47 Å². The normalized spacial score (nSPS) is 10.9. The van der Waals surface area contributed by atoms with Gasteiger partial charge in [-0.25, -0.2) is 4.79 Å². The van der Waals surface area contributed by atoms with Gasteiger partial charge in [0.15, 0.2) is 0 Å². The summed E-state index contributed by atoms with van der Waals surface area (Å²) in [4.78, 5) is 13.5. The lowest BCUT2D eigenvalue weighted by molar-refractivity contribution is -0.00823. The van der Waals surface area contributed by atoms with E-state index in [1.807, 2.05) is 20.8 Å². The minimum absolute atomic E-state index is 0. The Morgan fingerprint density at radius 2 is 1.71 bits per heavy atom. The lowest BCUT2D eigenvalue weighted by Crippen LogP contribution is -2.27. The van der Waals surface area contributed by atoms with Crippen molar-refractivity contribution >= 4 is 6.16 Å². The third-order valence-electron chi connectivity index (χ3n) is 2.12. The van der Waals surface area contributed by atoms with E-state index >= 15 is 0 Å². The minimum atomic E-state index is -0.577. The Morgan fingerprint density at radius 3 is 2.12 bits per heavy atom. The van der Waals surface area contributed by atoms with Crippen molar-refractivity contribution in [3.63, 3.8) is 0 Å². The average molecular weight is 247 g/mol. The molecule has 0 aromatic carbocycles. The van der Waals surface area contributed by atoms with Gasteiger partial charge in [0.1, 0.15) is 5.60 Å². The Labute approximate surface area is 106 Å². The van der Waals surface area contributed by atoms with Crippen LogP contribution in [0.3, 0.4) is 0 Å². The molecular formula is C13H29NO3. The standard InChI is InChI=1S/C12H25NO3.CH4/c1-6-13(7-2)9-8-10-15-11(14)16-12(3,4)5;/h6-10H2,1-5H3;1H4. The first-order chi connectivity index (χ1) is 7.39. The van der Waals surface area contributed by atoms with Gasteiger partial charge in [-0.1, -0.05) is 21.3 Å². The summed E-state index contributed by atoms with van der Waals surface area (Å²) in [6.45, 7) is 13.2. The molecule has 0 spiro atoms. The van der Waals surface area contributed by atoms with E-state index < -0.39 is 11.8 Å². The van der Waals surface area contributed by atoms with E-state index in [2.05, 4.69) is 18.7 Å². The SMILES string of the molecule is C.CCN(CC)CCCOC(=O)OC(C)(C)C. The van der Waals surface area contributed by atoms with E-state index in [1.54, 1.807) is 0 Å². The fourth-order valence-corrected chi connectivity index (χ4v) is 1.26. The molecule has 0 amide bonds. The summed E-state index contributed by atoms with van der Waals surface area (Å²) in [6, 6.07) is 0. The molecule has 0 aliphatic rings. The fraction of sp³-hybridized carbons (Fsp3) is 0.923. The first-order valence-electron chi connectivity index (χ1n) is 5.97. The van der Waals surface area contributed by atoms with Crippen LogP contribution in [0.15, 0.2) is 0 Å². The van der Waals surface area contributed by atoms with Crippen molar-refractivity contribution in [3.8, 4) is 0 Å². The zero-order chi connectivity index (χ0) is 12.6. The number of carbonyl (C=O) groups is 1. The molecule has 4 heteroatoms. The van der Waals surface area contributed by atoms with Crippen molar-refractivity contribution < 1.29 is 14.3 Å². The molecule has 0 aromatic rings. The molecule has 0 radical (unpaired) electrons. The maximum atomic E-state index is 11.2. The van der Waals surface area contributed by atoms with Gasteiger partial charge in [0.25, 0.3) is 0 Å². The lowest BCUT2D eigenvalue weighted by Gasteiger charge is -2.20. The van der Waals surface area contributed by atoms with Crippen molar-refractivity contribution in [1.82, 2.24) is 4.90 Å². The van der Waals surface area contributed by atoms with Crippen LogP contribution < -0.4 is 0 Å². The smallest absolute Gasteiger partial charge is 0.434 e. The van der Waals surface area contributed by atoms with Crippen LogP contribution in [0.1, 0.15) is 48.5 Å². The van der Waals surface area contributed by atoms with Crippen LogP contribution in [-0.4, -0.2) is 42.9 Å². The monoisotopic (exact) mass is 247 g/mol. The molecule has 0 saturated heterocycles. The molecule has 0 aliphatic carbocycles. The molecule has 0 rings (SSSR count). The van der Waals surface area contributed by atoms with Crippen LogP contribution in [0.5, 0.6) is 0 Å². The maximum Gasteiger partial charge on any atom is 0.508 e. The number of rotatable bonds is 6. The minimum Gasteiger partial charge on any atom is -0.434 e. The van der Waals surface area contributed by atoms with Crippen molar-refractivity contribution in [2.45, 2.75) is 54.1 Å². The Bertz CT molecular complexity index is 195. The van der Waals surface area contributed by atoms with Crippen molar-refractivity contribution in [2.75, 3.05) is 26.2 Å². The van der Waals surface area contributed by atoms with Crippen molar-refractivity contribution in [2.24, 2.45) is 0 Å². The van der Waals surface area contributed by atoms with Gasteiger partial charge < -0.3 is 14.4 Å². The highest BCUT2D eigenvalue weighted by atomic mass is 16.7. The predicted molar refractivity (Wildman–Crippen MR) is 71.3 cm³/mol. The van der Waals surface area contributed by atoms with E-state index in [0.717, 1.165) is 26.1 Å². The predicted octanol–water partition coefficient (Wildman–Crippen LogP) is 3.31. The molecule has 0 saturated carbocycles. The first-order valence-corrected chi connectivity index (χ1v) is 5.97. The molecule has 17 heavy (non-hydrogen) atoms. The molecule has 0 fully saturated rings. The second-order valence-corrected chi connectivity index (χ2v) is 4.69. The van der Waals surface area contributed by atoms with E-state index in [4.69, 9.17) is 9.47 Å². The number of hydrogen-bond donors (Lipinski definition) is 0. The molecule has 0 atom stereocenters. The molecule has 104 valence electrons. The van der Waals surface area contributed by atoms with Gasteiger partial charge in [0, 0.05) is 6.54 Å². The summed E-state index contributed by atoms with van der Waals surface area (Å²) in [5.74, 6) is 0. The van der Waals surface area contributed by atoms with Gasteiger partial charge in [0.2, 0.25) is 0 Å². The zero-order valence-corrected chi connectivity index (χ0v) is 11.2. The molecule has 4 nitrogen and oxygen atoms in total. The Kier molecular flexibility index (Phi) is 10.1. The lowest BCUT2D eigenvalue weighted by atomic mass is 10.2. The Morgan fingerprint density at radius 1 is 1.18 bits per heavy atom. The number of ether oxygens (including phenoxy) is 2. The second-order valence-electron chi connectivity index (χ2n) is 4.69. The second kappa shape index (κ2) is 9.28. The fourth-order valence-electron chi connectivity index (χ4n) is 1.26. The molecular weight excluding hydrogens is 218 g/mol. The highest BCUT2D eigenvalue weighted by molar-refractivity contribution is 5.60. The summed E-state index contributed by atoms with van der Waals surface area (Å²) >= 11 is 0. The largest absolute Gasteiger partial charge is 0.508 e. The highest BCUT2D eigenvalue weighted by Crippen LogP contribution is 2.08. The van der Waals surface area contributed by atoms with Crippen LogP contribution in [0.25, 0.3) is 0 Å². The van der Waals surface area contributed by atoms with Gasteiger partial charge in [-0.15, -0.1) is 0 Å². The summed E-state index contributed by atoms with van der Waals surface area (Å²) in [6.07, 6.45) is 0.271. The van der Waals surface area contributed by atoms with Gasteiger partial charge in [0.05, 0.1) is 6.61 Å². The van der Waals surface area contributed by atoms with Gasteiger partial charge in [-0.05, 0) is 40.3 Å². The maximum absolute atomic E-state index is 11.2. The highest BCUT2D eigenvalue weighted by Gasteiger charge is 2.16. The summed E-state index contributed by atoms with van der Waals surface area (Å²) in [5.41, 5.74) is -0.476. The molecule has 0 heterocycles. The van der Waals surface area contributed by atoms with Gasteiger partial charge in [-0.3, -0.25) is 0 Å². The van der Waals surface area contributed by atoms with E-state index in [-0.39, 0.29) is 7.43 Å². The molecule has 0 unspecified atom stereocenters. The molecule has 0 aromatic heterocycles. The van der Waals surface area contributed by atoms with Crippen LogP contribution >= 0.6 is 0 Å². The van der Waals surface area contributed by atoms with Crippen molar-refractivity contribution in [3.05, 3.63) is 0 Å². The van der Waals surface area contributed by atoms with E-state index in [0.29, 0.717) is 6.61 Å². The summed E-state index contributed by atoms with van der Waals surface area (Å²) < 4.78 is 9.99. The third kappa shape index (κ3) is 11.5. The Hall–Kier alpha value is -0.770. The average Bonchev–Trinajstić information content (AvgIpc) is 2.15. The molecule has 0 bridgehead atoms. The van der Waals surface area contributed by atoms with Gasteiger partial charge in [-0.2, -0.15) is 0 Å². The van der Waals surface area contributed by atoms with Crippen molar-refractivity contribution in [1.29, 1.82) is 0 Å². The van der Waals surface area contributed by atoms with Gasteiger partial charge >= 0.3 is 6.16 Å².